The first-order chi connectivity index (χ1) is 30.6. The maximum atomic E-state index is 15.0. The van der Waals surface area contributed by atoms with Crippen molar-refractivity contribution in [3.05, 3.63) is 116 Å². The predicted molar refractivity (Wildman–Crippen MR) is 181 cm³/mol. The van der Waals surface area contributed by atoms with Crippen molar-refractivity contribution in [3.8, 4) is 11.1 Å². The van der Waals surface area contributed by atoms with Crippen LogP contribution in [0.5, 0.6) is 0 Å². The Morgan fingerprint density at radius 2 is 1.69 bits per heavy atom. The van der Waals surface area contributed by atoms with E-state index >= 15 is 4.79 Å². The van der Waals surface area contributed by atoms with E-state index < -0.39 is 160 Å². The summed E-state index contributed by atoms with van der Waals surface area (Å²) >= 11 is -0.0290. The number of amides is 1. The van der Waals surface area contributed by atoms with Gasteiger partial charge in [-0.1, -0.05) is 67.9 Å². The van der Waals surface area contributed by atoms with Crippen LogP contribution in [0.15, 0.2) is 76.4 Å². The molecule has 5 rings (SSSR count). The van der Waals surface area contributed by atoms with Crippen LogP contribution in [-0.2, 0) is 42.6 Å². The number of nitrogens with zero attached hydrogens (tertiary/aromatic N) is 4. The average molecular weight is 700 g/mol. The molecule has 1 aliphatic carbocycles. The number of fused-ring (bicyclic) bond motifs is 1. The van der Waals surface area contributed by atoms with Crippen molar-refractivity contribution in [2.24, 2.45) is 0 Å². The summed E-state index contributed by atoms with van der Waals surface area (Å²) in [5, 5.41) is -0.710. The molecule has 11 heteroatoms. The lowest BCUT2D eigenvalue weighted by molar-refractivity contribution is -0.137. The number of aromatic nitrogens is 2. The van der Waals surface area contributed by atoms with Gasteiger partial charge in [0.25, 0.3) is 5.56 Å². The van der Waals surface area contributed by atoms with Crippen LogP contribution in [0.3, 0.4) is 0 Å². The van der Waals surface area contributed by atoms with Crippen molar-refractivity contribution in [2.45, 2.75) is 70.1 Å². The van der Waals surface area contributed by atoms with Crippen molar-refractivity contribution < 1.29 is 48.4 Å². The fraction of sp³-hybridized carbons (Fsp3) is 0.378. The molecule has 48 heavy (non-hydrogen) atoms. The lowest BCUT2D eigenvalue weighted by Crippen LogP contribution is -2.40. The molecule has 0 bridgehead atoms. The van der Waals surface area contributed by atoms with Gasteiger partial charge in [-0.15, -0.1) is 0 Å². The van der Waals surface area contributed by atoms with Gasteiger partial charge >= 0.3 is 6.18 Å². The highest BCUT2D eigenvalue weighted by atomic mass is 32.2. The summed E-state index contributed by atoms with van der Waals surface area (Å²) in [5.74, 6) is -3.28. The quantitative estimate of drug-likeness (QED) is 0.0821. The topological polar surface area (TPSA) is 58.4 Å². The van der Waals surface area contributed by atoms with Gasteiger partial charge in [0.2, 0.25) is 5.91 Å². The fourth-order valence-corrected chi connectivity index (χ4v) is 5.27. The zero-order valence-electron chi connectivity index (χ0n) is 44.8. The average Bonchev–Trinajstić information content (AvgIpc) is 3.71. The van der Waals surface area contributed by atoms with Crippen LogP contribution in [0.4, 0.5) is 17.6 Å². The van der Waals surface area contributed by atoms with Crippen molar-refractivity contribution in [3.63, 3.8) is 0 Å². The number of thioether (sulfide) groups is 1. The Balaban J connectivity index is 1.80. The second-order valence-corrected chi connectivity index (χ2v) is 11.0. The first-order valence-corrected chi connectivity index (χ1v) is 15.4. The van der Waals surface area contributed by atoms with Gasteiger partial charge in [0.1, 0.15) is 12.4 Å². The highest BCUT2D eigenvalue weighted by Gasteiger charge is 2.30. The molecule has 1 heterocycles. The Bertz CT molecular complexity index is 2680. The highest BCUT2D eigenvalue weighted by molar-refractivity contribution is 7.98. The molecule has 0 radical (unpaired) electrons. The van der Waals surface area contributed by atoms with E-state index in [-0.39, 0.29) is 60.3 Å². The molecule has 254 valence electrons. The smallest absolute Gasteiger partial charge is 0.336 e. The maximum Gasteiger partial charge on any atom is 0.416 e. The van der Waals surface area contributed by atoms with Gasteiger partial charge < -0.3 is 14.4 Å². The zero-order valence-corrected chi connectivity index (χ0v) is 26.6. The molecule has 0 saturated heterocycles. The van der Waals surface area contributed by atoms with Crippen molar-refractivity contribution >= 4 is 17.7 Å². The Morgan fingerprint density at radius 3 is 2.35 bits per heavy atom. The van der Waals surface area contributed by atoms with Crippen LogP contribution < -0.4 is 5.56 Å². The molecule has 0 saturated carbocycles. The Labute approximate surface area is 309 Å². The highest BCUT2D eigenvalue weighted by Crippen LogP contribution is 2.32. The summed E-state index contributed by atoms with van der Waals surface area (Å²) < 4.78 is 222. The second-order valence-electron chi connectivity index (χ2n) is 10.2. The summed E-state index contributed by atoms with van der Waals surface area (Å²) in [7, 11) is 0. The standard InChI is InChI=1S/C37H40F4N4O2S/c1-4-43(5-2)19-20-44(22-29-12-11-28(21-25(29)3)27-13-15-30(16-14-27)37(39,40)41)34(46)23-45-33-8-6-7-32(33)35(47)42-36(45)48-24-26-9-17-31(38)18-10-26/h9-18,21H,4-8,19-20,22-24H2,1-3H3/i9D,10D,11D,12D,13D,14D,15D,16D,17D,18D,19D2,20D2,21D,22D2,24D2. The van der Waals surface area contributed by atoms with Crippen LogP contribution in [0.25, 0.3) is 11.1 Å². The number of halogens is 4. The number of carbonyl (C=O) groups is 1. The lowest BCUT2D eigenvalue weighted by Gasteiger charge is -2.28. The molecule has 0 N–H and O–H groups in total. The minimum Gasteiger partial charge on any atom is -0.336 e. The van der Waals surface area contributed by atoms with E-state index in [1.165, 1.54) is 13.8 Å². The van der Waals surface area contributed by atoms with Crippen LogP contribution in [-0.4, -0.2) is 51.3 Å². The first-order valence-electron chi connectivity index (χ1n) is 24.0. The molecule has 1 aromatic heterocycles. The van der Waals surface area contributed by atoms with Gasteiger partial charge in [0, 0.05) is 41.9 Å². The van der Waals surface area contributed by atoms with Crippen molar-refractivity contribution in [2.75, 3.05) is 26.1 Å². The third-order valence-corrected chi connectivity index (χ3v) is 7.85. The molecule has 0 atom stereocenters. The number of benzene rings is 3. The van der Waals surface area contributed by atoms with Gasteiger partial charge in [0.15, 0.2) is 5.16 Å². The molecule has 3 aromatic carbocycles. The molecule has 4 aromatic rings. The molecule has 0 aliphatic heterocycles. The van der Waals surface area contributed by atoms with E-state index in [4.69, 9.17) is 20.6 Å². The van der Waals surface area contributed by atoms with Crippen LogP contribution in [0.2, 0.25) is 0 Å². The summed E-state index contributed by atoms with van der Waals surface area (Å²) in [6.45, 7) is -9.00. The van der Waals surface area contributed by atoms with E-state index in [1.807, 2.05) is 0 Å². The normalized spacial score (nSPS) is 19.7. The SMILES string of the molecule is [2H]c1c([2H])c(C([2H])([2H])Sc2nc(=O)c3c(n2CC(=O)N(C([2H])([2H])c2c([2H])c([2H])c(-c4c([2H])c([2H])c(C(F)(F)F)c([2H])c4[2H])c([2H])c2C)C([2H])([2H])C([2H])([2H])N(CC)CC)CCC3)c([2H])c([2H])c1F. The number of carbonyl (C=O) groups excluding carboxylic acids is 1. The van der Waals surface area contributed by atoms with E-state index in [2.05, 4.69) is 4.98 Å². The van der Waals surface area contributed by atoms with Crippen LogP contribution in [0.1, 0.15) is 79.8 Å². The molecule has 0 unspecified atom stereocenters. The largest absolute Gasteiger partial charge is 0.416 e. The number of hydrogen-bond donors (Lipinski definition) is 0. The van der Waals surface area contributed by atoms with Gasteiger partial charge in [0.05, 0.1) is 26.1 Å². The van der Waals surface area contributed by atoms with Crippen LogP contribution in [0, 0.1) is 12.7 Å². The van der Waals surface area contributed by atoms with E-state index in [1.54, 1.807) is 0 Å². The van der Waals surface area contributed by atoms with Gasteiger partial charge in [-0.3, -0.25) is 9.59 Å². The maximum absolute atomic E-state index is 15.0. The number of likely N-dealkylation sites (N-methyl/N-ethyl adjacent to an activating group) is 1. The van der Waals surface area contributed by atoms with Gasteiger partial charge in [-0.05, 0) is 91.3 Å². The number of rotatable bonds is 13. The lowest BCUT2D eigenvalue weighted by atomic mass is 9.98. The molecule has 1 aliphatic rings. The Hall–Kier alpha value is -3.96. The monoisotopic (exact) mass is 699 g/mol. The Kier molecular flexibility index (Phi) is 5.86. The minimum atomic E-state index is -5.39. The van der Waals surface area contributed by atoms with E-state index in [9.17, 15) is 27.8 Å². The van der Waals surface area contributed by atoms with Gasteiger partial charge in [-0.2, -0.15) is 18.2 Å². The van der Waals surface area contributed by atoms with Crippen molar-refractivity contribution in [1.82, 2.24) is 19.4 Å². The molecule has 0 spiro atoms. The zero-order chi connectivity index (χ0) is 51.2. The minimum absolute atomic E-state index is 0.00166. The van der Waals surface area contributed by atoms with Crippen molar-refractivity contribution in [1.29, 1.82) is 0 Å². The predicted octanol–water partition coefficient (Wildman–Crippen LogP) is 7.53. The number of hydrogen-bond acceptors (Lipinski definition) is 5. The second kappa shape index (κ2) is 15.5. The molecular weight excluding hydrogens is 640 g/mol. The summed E-state index contributed by atoms with van der Waals surface area (Å²) in [6, 6.07) is -14.3. The third kappa shape index (κ3) is 8.54. The Morgan fingerprint density at radius 1 is 1.00 bits per heavy atom. The fourth-order valence-electron chi connectivity index (χ4n) is 4.56. The molecule has 6 nitrogen and oxygen atoms in total. The first kappa shape index (κ1) is 18.2. The van der Waals surface area contributed by atoms with Crippen LogP contribution >= 0.6 is 11.8 Å². The summed E-state index contributed by atoms with van der Waals surface area (Å²) in [4.78, 5) is 32.9. The molecule has 0 fully saturated rings. The summed E-state index contributed by atoms with van der Waals surface area (Å²) in [5.41, 5.74) is -10.9. The van der Waals surface area contributed by atoms with Gasteiger partial charge in [-0.25, -0.2) is 4.39 Å². The molecular formula is C37H40F4N4O2S. The number of alkyl halides is 3. The molecule has 1 amide bonds. The van der Waals surface area contributed by atoms with E-state index in [0.717, 1.165) is 16.4 Å². The van der Waals surface area contributed by atoms with E-state index in [0.29, 0.717) is 0 Å². The summed E-state index contributed by atoms with van der Waals surface area (Å²) in [6.07, 6.45) is -5.09. The third-order valence-electron chi connectivity index (χ3n) is 7.05.